The highest BCUT2D eigenvalue weighted by atomic mass is 15.2. The number of fused-ring (bicyclic) bond motifs is 1. The minimum Gasteiger partial charge on any atom is -0.399 e. The number of benzene rings is 1. The molecule has 0 aliphatic heterocycles. The van der Waals surface area contributed by atoms with Gasteiger partial charge in [0.1, 0.15) is 5.82 Å². The number of anilines is 1. The van der Waals surface area contributed by atoms with E-state index >= 15 is 0 Å². The van der Waals surface area contributed by atoms with Gasteiger partial charge < -0.3 is 5.73 Å². The molecule has 0 saturated heterocycles. The molecule has 3 aromatic rings. The molecule has 0 aliphatic carbocycles. The quantitative estimate of drug-likeness (QED) is 0.744. The number of nitrogens with zero attached hydrogens (tertiary/aromatic N) is 3. The summed E-state index contributed by atoms with van der Waals surface area (Å²) in [4.78, 5) is 0. The van der Waals surface area contributed by atoms with Gasteiger partial charge in [0.15, 0.2) is 5.65 Å². The summed E-state index contributed by atoms with van der Waals surface area (Å²) in [5.74, 6) is 0.926. The molecule has 0 atom stereocenters. The van der Waals surface area contributed by atoms with Crippen LogP contribution in [-0.2, 0) is 6.42 Å². The lowest BCUT2D eigenvalue weighted by Crippen LogP contribution is -1.97. The van der Waals surface area contributed by atoms with Crippen molar-refractivity contribution in [3.63, 3.8) is 0 Å². The molecule has 2 N–H and O–H groups in total. The van der Waals surface area contributed by atoms with E-state index in [9.17, 15) is 0 Å². The summed E-state index contributed by atoms with van der Waals surface area (Å²) < 4.78 is 1.97. The van der Waals surface area contributed by atoms with Gasteiger partial charge in [-0.1, -0.05) is 29.8 Å². The van der Waals surface area contributed by atoms with Crippen LogP contribution in [0.5, 0.6) is 0 Å². The van der Waals surface area contributed by atoms with Gasteiger partial charge in [-0.25, -0.2) is 0 Å². The van der Waals surface area contributed by atoms with Crippen LogP contribution in [0, 0.1) is 6.92 Å². The van der Waals surface area contributed by atoms with Gasteiger partial charge in [0, 0.05) is 24.4 Å². The molecule has 0 bridgehead atoms. The summed E-state index contributed by atoms with van der Waals surface area (Å²) in [6.45, 7) is 2.09. The zero-order valence-electron chi connectivity index (χ0n) is 10.2. The number of aryl methyl sites for hydroxylation is 1. The minimum atomic E-state index is 0.706. The average Bonchev–Trinajstić information content (AvgIpc) is 2.72. The van der Waals surface area contributed by atoms with Crippen molar-refractivity contribution < 1.29 is 0 Å². The van der Waals surface area contributed by atoms with Crippen molar-refractivity contribution in [1.29, 1.82) is 0 Å². The van der Waals surface area contributed by atoms with E-state index in [1.165, 1.54) is 11.1 Å². The molecule has 2 aromatic heterocycles. The summed E-state index contributed by atoms with van der Waals surface area (Å²) in [6, 6.07) is 12.1. The van der Waals surface area contributed by atoms with E-state index in [-0.39, 0.29) is 0 Å². The maximum Gasteiger partial charge on any atom is 0.162 e. The summed E-state index contributed by atoms with van der Waals surface area (Å²) in [7, 11) is 0. The van der Waals surface area contributed by atoms with Crippen molar-refractivity contribution in [1.82, 2.24) is 14.6 Å². The van der Waals surface area contributed by atoms with Crippen LogP contribution in [0.25, 0.3) is 5.65 Å². The summed E-state index contributed by atoms with van der Waals surface area (Å²) in [5.41, 5.74) is 9.71. The summed E-state index contributed by atoms with van der Waals surface area (Å²) in [5, 5.41) is 8.35. The summed E-state index contributed by atoms with van der Waals surface area (Å²) >= 11 is 0. The van der Waals surface area contributed by atoms with Gasteiger partial charge in [0.2, 0.25) is 0 Å². The number of pyridine rings is 1. The predicted octanol–water partition coefficient (Wildman–Crippen LogP) is 2.21. The second-order valence-corrected chi connectivity index (χ2v) is 4.47. The smallest absolute Gasteiger partial charge is 0.162 e. The van der Waals surface area contributed by atoms with E-state index < -0.39 is 0 Å². The standard InChI is InChI=1S/C14H14N4/c1-10-3-2-4-11(7-10)8-13-16-17-14-9-12(15)5-6-18(13)14/h2-7,9H,8,15H2,1H3. The maximum atomic E-state index is 5.72. The molecule has 0 unspecified atom stereocenters. The van der Waals surface area contributed by atoms with Crippen molar-refractivity contribution >= 4 is 11.3 Å². The second kappa shape index (κ2) is 4.14. The number of nitrogen functional groups attached to an aromatic ring is 1. The number of nitrogens with two attached hydrogens (primary N) is 1. The Morgan fingerprint density at radius 3 is 2.89 bits per heavy atom. The minimum absolute atomic E-state index is 0.706. The molecule has 1 aromatic carbocycles. The highest BCUT2D eigenvalue weighted by Crippen LogP contribution is 2.13. The van der Waals surface area contributed by atoms with Gasteiger partial charge in [-0.15, -0.1) is 10.2 Å². The molecule has 2 heterocycles. The van der Waals surface area contributed by atoms with Crippen LogP contribution in [-0.4, -0.2) is 14.6 Å². The zero-order chi connectivity index (χ0) is 12.5. The molecule has 0 amide bonds. The van der Waals surface area contributed by atoms with E-state index in [4.69, 9.17) is 5.73 Å². The molecule has 3 rings (SSSR count). The van der Waals surface area contributed by atoms with Gasteiger partial charge in [-0.2, -0.15) is 0 Å². The molecule has 0 fully saturated rings. The van der Waals surface area contributed by atoms with Crippen LogP contribution < -0.4 is 5.73 Å². The van der Waals surface area contributed by atoms with E-state index in [2.05, 4.69) is 41.4 Å². The number of rotatable bonds is 2. The van der Waals surface area contributed by atoms with Crippen LogP contribution in [0.15, 0.2) is 42.6 Å². The Morgan fingerprint density at radius 2 is 2.06 bits per heavy atom. The molecule has 4 heteroatoms. The number of hydrogen-bond donors (Lipinski definition) is 1. The largest absolute Gasteiger partial charge is 0.399 e. The second-order valence-electron chi connectivity index (χ2n) is 4.47. The maximum absolute atomic E-state index is 5.72. The predicted molar refractivity (Wildman–Crippen MR) is 71.4 cm³/mol. The zero-order valence-corrected chi connectivity index (χ0v) is 10.2. The number of hydrogen-bond acceptors (Lipinski definition) is 3. The first kappa shape index (κ1) is 10.8. The third kappa shape index (κ3) is 1.93. The Bertz CT molecular complexity index is 700. The third-order valence-electron chi connectivity index (χ3n) is 2.95. The topological polar surface area (TPSA) is 56.2 Å². The average molecular weight is 238 g/mol. The first-order valence-electron chi connectivity index (χ1n) is 5.87. The molecule has 0 radical (unpaired) electrons. The molecule has 90 valence electrons. The van der Waals surface area contributed by atoms with Crippen molar-refractivity contribution in [2.75, 3.05) is 5.73 Å². The van der Waals surface area contributed by atoms with E-state index in [1.54, 1.807) is 0 Å². The van der Waals surface area contributed by atoms with Crippen LogP contribution in [0.3, 0.4) is 0 Å². The molecular weight excluding hydrogens is 224 g/mol. The van der Waals surface area contributed by atoms with Gasteiger partial charge in [-0.3, -0.25) is 4.40 Å². The fourth-order valence-electron chi connectivity index (χ4n) is 2.08. The lowest BCUT2D eigenvalue weighted by atomic mass is 10.1. The Kier molecular flexibility index (Phi) is 2.48. The number of aromatic nitrogens is 3. The fraction of sp³-hybridized carbons (Fsp3) is 0.143. The summed E-state index contributed by atoms with van der Waals surface area (Å²) in [6.07, 6.45) is 2.68. The first-order valence-corrected chi connectivity index (χ1v) is 5.87. The Hall–Kier alpha value is -2.36. The van der Waals surface area contributed by atoms with Crippen molar-refractivity contribution in [3.05, 3.63) is 59.5 Å². The van der Waals surface area contributed by atoms with Crippen molar-refractivity contribution in [2.24, 2.45) is 0 Å². The molecule has 0 saturated carbocycles. The highest BCUT2D eigenvalue weighted by Gasteiger charge is 2.06. The lowest BCUT2D eigenvalue weighted by molar-refractivity contribution is 0.934. The van der Waals surface area contributed by atoms with Crippen molar-refractivity contribution in [3.8, 4) is 0 Å². The van der Waals surface area contributed by atoms with Gasteiger partial charge in [0.25, 0.3) is 0 Å². The van der Waals surface area contributed by atoms with Crippen LogP contribution in [0.1, 0.15) is 17.0 Å². The normalized spacial score (nSPS) is 10.9. The monoisotopic (exact) mass is 238 g/mol. The van der Waals surface area contributed by atoms with Crippen LogP contribution >= 0.6 is 0 Å². The Morgan fingerprint density at radius 1 is 1.17 bits per heavy atom. The van der Waals surface area contributed by atoms with Crippen LogP contribution in [0.4, 0.5) is 5.69 Å². The van der Waals surface area contributed by atoms with E-state index in [0.717, 1.165) is 17.9 Å². The Labute approximate surface area is 105 Å². The van der Waals surface area contributed by atoms with E-state index in [0.29, 0.717) is 5.69 Å². The Balaban J connectivity index is 2.00. The molecule has 4 nitrogen and oxygen atoms in total. The van der Waals surface area contributed by atoms with Gasteiger partial charge in [0.05, 0.1) is 0 Å². The molecule has 18 heavy (non-hydrogen) atoms. The lowest BCUT2D eigenvalue weighted by Gasteiger charge is -2.02. The SMILES string of the molecule is Cc1cccc(Cc2nnc3cc(N)ccn23)c1. The van der Waals surface area contributed by atoms with Crippen molar-refractivity contribution in [2.45, 2.75) is 13.3 Å². The molecular formula is C14H14N4. The van der Waals surface area contributed by atoms with Gasteiger partial charge in [-0.05, 0) is 18.6 Å². The van der Waals surface area contributed by atoms with Crippen LogP contribution in [0.2, 0.25) is 0 Å². The van der Waals surface area contributed by atoms with E-state index in [1.807, 2.05) is 22.7 Å². The molecule has 0 spiro atoms. The first-order chi connectivity index (χ1) is 8.72. The third-order valence-corrected chi connectivity index (χ3v) is 2.95. The van der Waals surface area contributed by atoms with Gasteiger partial charge >= 0.3 is 0 Å². The fourth-order valence-corrected chi connectivity index (χ4v) is 2.08. The molecule has 0 aliphatic rings. The highest BCUT2D eigenvalue weighted by molar-refractivity contribution is 5.51.